The van der Waals surface area contributed by atoms with Crippen LogP contribution in [0.15, 0.2) is 48.5 Å². The van der Waals surface area contributed by atoms with Crippen LogP contribution in [0.4, 0.5) is 5.69 Å². The van der Waals surface area contributed by atoms with Crippen molar-refractivity contribution in [2.24, 2.45) is 0 Å². The molecule has 2 aromatic carbocycles. The normalized spacial score (nSPS) is 21.1. The number of halogens is 1. The Hall–Kier alpha value is -1.51. The summed E-state index contributed by atoms with van der Waals surface area (Å²) >= 11 is 6.04. The fraction of sp³-hybridized carbons (Fsp3) is 0.520. The molecule has 1 saturated heterocycles. The third kappa shape index (κ3) is 4.39. The first kappa shape index (κ1) is 19.8. The molecule has 0 bridgehead atoms. The molecule has 1 fully saturated rings. The molecule has 0 N–H and O–H groups in total. The molecule has 0 aromatic heterocycles. The lowest BCUT2D eigenvalue weighted by molar-refractivity contribution is 0.204. The minimum Gasteiger partial charge on any atom is -0.369 e. The summed E-state index contributed by atoms with van der Waals surface area (Å²) in [4.78, 5) is 5.26. The van der Waals surface area contributed by atoms with Crippen LogP contribution in [0.25, 0.3) is 0 Å². The first-order valence-corrected chi connectivity index (χ1v) is 11.3. The number of rotatable bonds is 5. The first-order valence-electron chi connectivity index (χ1n) is 10.9. The van der Waals surface area contributed by atoms with Crippen LogP contribution >= 0.6 is 11.6 Å². The molecule has 1 atom stereocenters. The van der Waals surface area contributed by atoms with Gasteiger partial charge in [0.1, 0.15) is 0 Å². The van der Waals surface area contributed by atoms with Crippen molar-refractivity contribution in [1.29, 1.82) is 0 Å². The number of likely N-dealkylation sites (tertiary alicyclic amines) is 1. The third-order valence-electron chi connectivity index (χ3n) is 6.75. The largest absolute Gasteiger partial charge is 0.369 e. The van der Waals surface area contributed by atoms with E-state index >= 15 is 0 Å². The van der Waals surface area contributed by atoms with Gasteiger partial charge in [-0.2, -0.15) is 0 Å². The van der Waals surface area contributed by atoms with E-state index in [9.17, 15) is 0 Å². The Balaban J connectivity index is 1.32. The van der Waals surface area contributed by atoms with E-state index in [1.807, 2.05) is 12.1 Å². The maximum absolute atomic E-state index is 6.04. The highest BCUT2D eigenvalue weighted by atomic mass is 35.5. The van der Waals surface area contributed by atoms with E-state index < -0.39 is 0 Å². The van der Waals surface area contributed by atoms with Crippen LogP contribution in [-0.2, 0) is 0 Å². The number of anilines is 1. The van der Waals surface area contributed by atoms with Crippen molar-refractivity contribution in [3.05, 3.63) is 64.7 Å². The molecule has 0 amide bonds. The number of fused-ring (bicyclic) bond motifs is 1. The number of hydrogen-bond donors (Lipinski definition) is 0. The second kappa shape index (κ2) is 8.88. The maximum Gasteiger partial charge on any atom is 0.0406 e. The highest BCUT2D eigenvalue weighted by molar-refractivity contribution is 6.30. The van der Waals surface area contributed by atoms with Gasteiger partial charge in [-0.25, -0.2) is 0 Å². The molecule has 2 heterocycles. The van der Waals surface area contributed by atoms with Gasteiger partial charge in [-0.1, -0.05) is 41.9 Å². The molecule has 3 heteroatoms. The molecule has 0 spiro atoms. The van der Waals surface area contributed by atoms with E-state index in [1.165, 1.54) is 63.1 Å². The zero-order valence-electron chi connectivity index (χ0n) is 17.3. The second-order valence-electron chi connectivity index (χ2n) is 8.79. The van der Waals surface area contributed by atoms with Crippen LogP contribution in [-0.4, -0.2) is 37.1 Å². The van der Waals surface area contributed by atoms with Crippen LogP contribution in [0.3, 0.4) is 0 Å². The Kier molecular flexibility index (Phi) is 6.28. The number of benzene rings is 2. The summed E-state index contributed by atoms with van der Waals surface area (Å²) in [7, 11) is 0. The lowest BCUT2D eigenvalue weighted by Gasteiger charge is -2.39. The van der Waals surface area contributed by atoms with Crippen molar-refractivity contribution in [3.8, 4) is 0 Å². The fourth-order valence-electron chi connectivity index (χ4n) is 5.06. The Labute approximate surface area is 175 Å². The number of para-hydroxylation sites is 1. The molecule has 2 nitrogen and oxygen atoms in total. The van der Waals surface area contributed by atoms with Gasteiger partial charge >= 0.3 is 0 Å². The van der Waals surface area contributed by atoms with Gasteiger partial charge in [0.2, 0.25) is 0 Å². The van der Waals surface area contributed by atoms with Crippen LogP contribution < -0.4 is 4.90 Å². The monoisotopic (exact) mass is 396 g/mol. The molecular weight excluding hydrogens is 364 g/mol. The quantitative estimate of drug-likeness (QED) is 0.584. The highest BCUT2D eigenvalue weighted by Gasteiger charge is 2.27. The SMILES string of the molecule is CC(C)N1CCC(CCN2CCC(c3ccc(Cl)cc3)CC2)c2ccccc21. The van der Waals surface area contributed by atoms with Crippen molar-refractivity contribution >= 4 is 17.3 Å². The van der Waals surface area contributed by atoms with Gasteiger partial charge in [0, 0.05) is 23.3 Å². The predicted octanol–water partition coefficient (Wildman–Crippen LogP) is 6.31. The standard InChI is InChI=1S/C25H33ClN2/c1-19(2)28-18-14-22(24-5-3-4-6-25(24)28)13-17-27-15-11-21(12-16-27)20-7-9-23(26)10-8-20/h3-10,19,21-22H,11-18H2,1-2H3. The summed E-state index contributed by atoms with van der Waals surface area (Å²) in [6.07, 6.45) is 5.11. The second-order valence-corrected chi connectivity index (χ2v) is 9.22. The summed E-state index contributed by atoms with van der Waals surface area (Å²) in [5.41, 5.74) is 4.49. The summed E-state index contributed by atoms with van der Waals surface area (Å²) < 4.78 is 0. The van der Waals surface area contributed by atoms with Crippen LogP contribution in [0, 0.1) is 0 Å². The first-order chi connectivity index (χ1) is 13.6. The van der Waals surface area contributed by atoms with Gasteiger partial charge in [0.25, 0.3) is 0 Å². The van der Waals surface area contributed by atoms with E-state index in [-0.39, 0.29) is 0 Å². The van der Waals surface area contributed by atoms with Gasteiger partial charge in [-0.15, -0.1) is 0 Å². The topological polar surface area (TPSA) is 6.48 Å². The zero-order valence-corrected chi connectivity index (χ0v) is 18.0. The molecule has 2 aliphatic heterocycles. The van der Waals surface area contributed by atoms with Crippen molar-refractivity contribution in [2.45, 2.75) is 57.4 Å². The molecule has 0 radical (unpaired) electrons. The number of piperidine rings is 1. The lowest BCUT2D eigenvalue weighted by atomic mass is 9.86. The van der Waals surface area contributed by atoms with Crippen LogP contribution in [0.2, 0.25) is 5.02 Å². The van der Waals surface area contributed by atoms with E-state index in [0.29, 0.717) is 17.9 Å². The van der Waals surface area contributed by atoms with Crippen molar-refractivity contribution in [2.75, 3.05) is 31.1 Å². The Morgan fingerprint density at radius 2 is 1.64 bits per heavy atom. The maximum atomic E-state index is 6.04. The van der Waals surface area contributed by atoms with E-state index in [2.05, 4.69) is 60.0 Å². The average molecular weight is 397 g/mol. The molecule has 28 heavy (non-hydrogen) atoms. The summed E-state index contributed by atoms with van der Waals surface area (Å²) in [6.45, 7) is 9.48. The molecule has 150 valence electrons. The number of nitrogens with zero attached hydrogens (tertiary/aromatic N) is 2. The smallest absolute Gasteiger partial charge is 0.0406 e. The van der Waals surface area contributed by atoms with Crippen molar-refractivity contribution in [3.63, 3.8) is 0 Å². The Bertz CT molecular complexity index is 762. The minimum atomic E-state index is 0.578. The van der Waals surface area contributed by atoms with Gasteiger partial charge in [-0.3, -0.25) is 0 Å². The molecule has 4 rings (SSSR count). The third-order valence-corrected chi connectivity index (χ3v) is 7.00. The molecule has 2 aromatic rings. The summed E-state index contributed by atoms with van der Waals surface area (Å²) in [6, 6.07) is 18.2. The van der Waals surface area contributed by atoms with Crippen molar-refractivity contribution < 1.29 is 0 Å². The molecule has 0 aliphatic carbocycles. The molecule has 0 saturated carbocycles. The van der Waals surface area contributed by atoms with E-state index in [0.717, 1.165) is 5.02 Å². The molecule has 1 unspecified atom stereocenters. The predicted molar refractivity (Wildman–Crippen MR) is 121 cm³/mol. The molecular formula is C25H33ClN2. The minimum absolute atomic E-state index is 0.578. The Morgan fingerprint density at radius 1 is 0.929 bits per heavy atom. The van der Waals surface area contributed by atoms with Gasteiger partial charge in [-0.05, 0) is 100 Å². The Morgan fingerprint density at radius 3 is 2.36 bits per heavy atom. The van der Waals surface area contributed by atoms with Crippen molar-refractivity contribution in [1.82, 2.24) is 4.90 Å². The highest BCUT2D eigenvalue weighted by Crippen LogP contribution is 2.38. The lowest BCUT2D eigenvalue weighted by Crippen LogP contribution is -2.38. The van der Waals surface area contributed by atoms with Gasteiger partial charge < -0.3 is 9.80 Å². The van der Waals surface area contributed by atoms with Crippen LogP contribution in [0.5, 0.6) is 0 Å². The summed E-state index contributed by atoms with van der Waals surface area (Å²) in [5, 5.41) is 0.838. The van der Waals surface area contributed by atoms with Gasteiger partial charge in [0.05, 0.1) is 0 Å². The van der Waals surface area contributed by atoms with Gasteiger partial charge in [0.15, 0.2) is 0 Å². The fourth-order valence-corrected chi connectivity index (χ4v) is 5.19. The molecule has 2 aliphatic rings. The number of hydrogen-bond acceptors (Lipinski definition) is 2. The average Bonchev–Trinajstić information content (AvgIpc) is 2.73. The summed E-state index contributed by atoms with van der Waals surface area (Å²) in [5.74, 6) is 1.41. The van der Waals surface area contributed by atoms with E-state index in [4.69, 9.17) is 11.6 Å². The van der Waals surface area contributed by atoms with E-state index in [1.54, 1.807) is 5.56 Å². The van der Waals surface area contributed by atoms with Crippen LogP contribution in [0.1, 0.15) is 62.5 Å². The zero-order chi connectivity index (χ0) is 19.5.